The number of aliphatic hydroxyl groups is 1. The normalized spacial score (nSPS) is 27.3. The van der Waals surface area contributed by atoms with Gasteiger partial charge in [0.15, 0.2) is 0 Å². The fourth-order valence-electron chi connectivity index (χ4n) is 2.47. The number of likely N-dealkylation sites (tertiary alicyclic amines) is 1. The van der Waals surface area contributed by atoms with Crippen molar-refractivity contribution >= 4 is 6.09 Å². The zero-order valence-corrected chi connectivity index (χ0v) is 10.9. The van der Waals surface area contributed by atoms with Crippen LogP contribution in [0, 0.1) is 5.92 Å². The molecule has 2 heterocycles. The molecule has 104 valence electrons. The average Bonchev–Trinajstić information content (AvgIpc) is 2.38. The number of nitrogens with zero attached hydrogens (tertiary/aromatic N) is 2. The first kappa shape index (κ1) is 13.8. The minimum Gasteiger partial charge on any atom is -0.465 e. The number of amides is 1. The molecule has 1 amide bonds. The van der Waals surface area contributed by atoms with Gasteiger partial charge >= 0.3 is 6.09 Å². The van der Waals surface area contributed by atoms with E-state index in [4.69, 9.17) is 5.11 Å². The number of hydrogen-bond donors (Lipinski definition) is 3. The molecule has 2 rings (SSSR count). The highest BCUT2D eigenvalue weighted by molar-refractivity contribution is 5.65. The van der Waals surface area contributed by atoms with Gasteiger partial charge in [-0.15, -0.1) is 0 Å². The number of hydrogen-bond acceptors (Lipinski definition) is 4. The van der Waals surface area contributed by atoms with Gasteiger partial charge < -0.3 is 20.4 Å². The van der Waals surface area contributed by atoms with Crippen molar-refractivity contribution < 1.29 is 15.0 Å². The van der Waals surface area contributed by atoms with Crippen molar-refractivity contribution in [2.24, 2.45) is 5.92 Å². The van der Waals surface area contributed by atoms with Gasteiger partial charge in [-0.2, -0.15) is 0 Å². The summed E-state index contributed by atoms with van der Waals surface area (Å²) in [4.78, 5) is 16.4. The Hall–Kier alpha value is -1.66. The van der Waals surface area contributed by atoms with Crippen LogP contribution in [0.1, 0.15) is 12.6 Å². The summed E-state index contributed by atoms with van der Waals surface area (Å²) in [5.41, 5.74) is 0.905. The second-order valence-corrected chi connectivity index (χ2v) is 4.96. The third-order valence-corrected chi connectivity index (χ3v) is 3.46. The highest BCUT2D eigenvalue weighted by atomic mass is 16.4. The lowest BCUT2D eigenvalue weighted by atomic mass is 9.91. The summed E-state index contributed by atoms with van der Waals surface area (Å²) < 4.78 is 0. The Labute approximate surface area is 112 Å². The molecule has 6 nitrogen and oxygen atoms in total. The number of carbonyl (C=O) groups is 1. The quantitative estimate of drug-likeness (QED) is 0.742. The molecule has 6 heteroatoms. The third kappa shape index (κ3) is 3.42. The van der Waals surface area contributed by atoms with E-state index in [-0.39, 0.29) is 18.5 Å². The summed E-state index contributed by atoms with van der Waals surface area (Å²) in [6.07, 6.45) is 0.0572. The van der Waals surface area contributed by atoms with Gasteiger partial charge in [-0.05, 0) is 18.1 Å². The number of β-amino-alcohol motifs (C(OH)–C–C–N with tert-alkyl or cyclic N) is 1. The fourth-order valence-corrected chi connectivity index (χ4v) is 2.47. The molecule has 1 fully saturated rings. The number of carboxylic acid groups (broad SMARTS) is 1. The van der Waals surface area contributed by atoms with Gasteiger partial charge in [0.1, 0.15) is 0 Å². The predicted molar refractivity (Wildman–Crippen MR) is 69.6 cm³/mol. The Balaban J connectivity index is 1.92. The van der Waals surface area contributed by atoms with Crippen LogP contribution in [0.4, 0.5) is 4.79 Å². The highest BCUT2D eigenvalue weighted by Crippen LogP contribution is 2.18. The van der Waals surface area contributed by atoms with E-state index in [0.717, 1.165) is 5.69 Å². The van der Waals surface area contributed by atoms with Gasteiger partial charge in [0.05, 0.1) is 18.3 Å². The average molecular weight is 265 g/mol. The molecule has 1 saturated heterocycles. The summed E-state index contributed by atoms with van der Waals surface area (Å²) in [6.45, 7) is 3.10. The molecule has 0 saturated carbocycles. The van der Waals surface area contributed by atoms with E-state index in [1.165, 1.54) is 4.90 Å². The van der Waals surface area contributed by atoms with Gasteiger partial charge in [0.25, 0.3) is 0 Å². The maximum Gasteiger partial charge on any atom is 0.407 e. The maximum atomic E-state index is 10.9. The fraction of sp³-hybridized carbons (Fsp3) is 0.538. The molecular formula is C13H19N3O3. The zero-order chi connectivity index (χ0) is 13.8. The van der Waals surface area contributed by atoms with Crippen LogP contribution in [0.3, 0.4) is 0 Å². The summed E-state index contributed by atoms with van der Waals surface area (Å²) in [5, 5.41) is 22.3. The molecule has 1 aliphatic heterocycles. The van der Waals surface area contributed by atoms with E-state index in [1.54, 1.807) is 6.20 Å². The summed E-state index contributed by atoms with van der Waals surface area (Å²) in [5.74, 6) is 0.0589. The number of aromatic nitrogens is 1. The van der Waals surface area contributed by atoms with E-state index in [1.807, 2.05) is 25.1 Å². The number of aliphatic hydroxyl groups excluding tert-OH is 1. The Morgan fingerprint density at radius 1 is 1.53 bits per heavy atom. The van der Waals surface area contributed by atoms with Crippen LogP contribution in [0.2, 0.25) is 0 Å². The molecule has 0 spiro atoms. The Morgan fingerprint density at radius 2 is 2.32 bits per heavy atom. The van der Waals surface area contributed by atoms with Crippen LogP contribution in [0.5, 0.6) is 0 Å². The molecule has 0 aliphatic carbocycles. The van der Waals surface area contributed by atoms with Crippen molar-refractivity contribution in [3.8, 4) is 0 Å². The van der Waals surface area contributed by atoms with Gasteiger partial charge in [0, 0.05) is 25.3 Å². The first-order valence-electron chi connectivity index (χ1n) is 6.37. The lowest BCUT2D eigenvalue weighted by Gasteiger charge is -2.39. The number of pyridine rings is 1. The lowest BCUT2D eigenvalue weighted by Crippen LogP contribution is -2.58. The minimum absolute atomic E-state index is 0.0589. The van der Waals surface area contributed by atoms with Crippen molar-refractivity contribution in [3.05, 3.63) is 30.1 Å². The molecule has 1 aromatic heterocycles. The molecule has 19 heavy (non-hydrogen) atoms. The van der Waals surface area contributed by atoms with Gasteiger partial charge in [-0.3, -0.25) is 4.98 Å². The zero-order valence-electron chi connectivity index (χ0n) is 10.9. The van der Waals surface area contributed by atoms with Crippen molar-refractivity contribution in [1.82, 2.24) is 15.2 Å². The molecular weight excluding hydrogens is 246 g/mol. The van der Waals surface area contributed by atoms with Gasteiger partial charge in [-0.1, -0.05) is 13.0 Å². The number of rotatable bonds is 3. The molecule has 3 unspecified atom stereocenters. The van der Waals surface area contributed by atoms with Crippen LogP contribution in [-0.2, 0) is 6.54 Å². The highest BCUT2D eigenvalue weighted by Gasteiger charge is 2.34. The van der Waals surface area contributed by atoms with E-state index >= 15 is 0 Å². The summed E-state index contributed by atoms with van der Waals surface area (Å²) >= 11 is 0. The molecule has 0 aromatic carbocycles. The second-order valence-electron chi connectivity index (χ2n) is 4.96. The van der Waals surface area contributed by atoms with E-state index in [9.17, 15) is 9.90 Å². The number of nitrogens with one attached hydrogen (secondary N) is 1. The van der Waals surface area contributed by atoms with Crippen molar-refractivity contribution in [2.45, 2.75) is 25.6 Å². The smallest absolute Gasteiger partial charge is 0.407 e. The lowest BCUT2D eigenvalue weighted by molar-refractivity contribution is 0.0152. The SMILES string of the molecule is CC1CN(C(=O)O)CC(O)C1NCc1ccccn1. The van der Waals surface area contributed by atoms with Gasteiger partial charge in [0.2, 0.25) is 0 Å². The maximum absolute atomic E-state index is 10.9. The summed E-state index contributed by atoms with van der Waals surface area (Å²) in [7, 11) is 0. The Kier molecular flexibility index (Phi) is 4.34. The first-order valence-corrected chi connectivity index (χ1v) is 6.37. The third-order valence-electron chi connectivity index (χ3n) is 3.46. The molecule has 3 N–H and O–H groups in total. The summed E-state index contributed by atoms with van der Waals surface area (Å²) in [6, 6.07) is 5.57. The van der Waals surface area contributed by atoms with Crippen LogP contribution in [0.25, 0.3) is 0 Å². The monoisotopic (exact) mass is 265 g/mol. The molecule has 3 atom stereocenters. The van der Waals surface area contributed by atoms with Crippen LogP contribution in [-0.4, -0.2) is 51.4 Å². The molecule has 1 aromatic rings. The molecule has 0 radical (unpaired) electrons. The van der Waals surface area contributed by atoms with E-state index < -0.39 is 12.2 Å². The van der Waals surface area contributed by atoms with Gasteiger partial charge in [-0.25, -0.2) is 4.79 Å². The Bertz CT molecular complexity index is 414. The molecule has 0 bridgehead atoms. The van der Waals surface area contributed by atoms with E-state index in [2.05, 4.69) is 10.3 Å². The largest absolute Gasteiger partial charge is 0.465 e. The van der Waals surface area contributed by atoms with Crippen molar-refractivity contribution in [1.29, 1.82) is 0 Å². The second kappa shape index (κ2) is 5.99. The minimum atomic E-state index is -0.978. The van der Waals surface area contributed by atoms with Crippen LogP contribution >= 0.6 is 0 Å². The first-order chi connectivity index (χ1) is 9.08. The molecule has 1 aliphatic rings. The van der Waals surface area contributed by atoms with E-state index in [0.29, 0.717) is 13.1 Å². The topological polar surface area (TPSA) is 85.7 Å². The standard InChI is InChI=1S/C13H19N3O3/c1-9-7-16(13(18)19)8-11(17)12(9)15-6-10-4-2-3-5-14-10/h2-5,9,11-12,15,17H,6-8H2,1H3,(H,18,19). The Morgan fingerprint density at radius 3 is 2.89 bits per heavy atom. The van der Waals surface area contributed by atoms with Crippen LogP contribution < -0.4 is 5.32 Å². The van der Waals surface area contributed by atoms with Crippen molar-refractivity contribution in [3.63, 3.8) is 0 Å². The predicted octanol–water partition coefficient (Wildman–Crippen LogP) is 0.530. The van der Waals surface area contributed by atoms with Crippen molar-refractivity contribution in [2.75, 3.05) is 13.1 Å². The van der Waals surface area contributed by atoms with Crippen LogP contribution in [0.15, 0.2) is 24.4 Å². The number of piperidine rings is 1.